The van der Waals surface area contributed by atoms with E-state index in [1.165, 1.54) is 17.0 Å². The molecule has 2 rings (SSSR count). The predicted octanol–water partition coefficient (Wildman–Crippen LogP) is 0.921. The van der Waals surface area contributed by atoms with Crippen LogP contribution in [0.2, 0.25) is 0 Å². The Morgan fingerprint density at radius 1 is 1.65 bits per heavy atom. The molecule has 17 heavy (non-hydrogen) atoms. The van der Waals surface area contributed by atoms with Gasteiger partial charge in [0.05, 0.1) is 6.04 Å². The molecule has 94 valence electrons. The van der Waals surface area contributed by atoms with E-state index in [1.54, 1.807) is 11.8 Å². The fourth-order valence-electron chi connectivity index (χ4n) is 1.98. The highest BCUT2D eigenvalue weighted by molar-refractivity contribution is 7.99. The normalized spacial score (nSPS) is 19.6. The fraction of sp³-hybridized carbons (Fsp3) is 0.583. The highest BCUT2D eigenvalue weighted by Crippen LogP contribution is 2.13. The number of carbonyl (C=O) groups excluding carboxylic acids is 1. The number of hydrogen-bond donors (Lipinski definition) is 2. The Hall–Kier alpha value is -0.940. The summed E-state index contributed by atoms with van der Waals surface area (Å²) in [5, 5.41) is 6.16. The van der Waals surface area contributed by atoms with Crippen LogP contribution in [0.15, 0.2) is 6.07 Å². The lowest BCUT2D eigenvalue weighted by atomic mass is 10.2. The van der Waals surface area contributed by atoms with Crippen LogP contribution in [0.1, 0.15) is 17.0 Å². The Morgan fingerprint density at radius 3 is 2.94 bits per heavy atom. The maximum atomic E-state index is 11.8. The van der Waals surface area contributed by atoms with Gasteiger partial charge in [0.15, 0.2) is 0 Å². The van der Waals surface area contributed by atoms with Gasteiger partial charge in [-0.15, -0.1) is 11.8 Å². The van der Waals surface area contributed by atoms with Crippen LogP contribution < -0.4 is 10.6 Å². The second-order valence-electron chi connectivity index (χ2n) is 4.45. The van der Waals surface area contributed by atoms with Gasteiger partial charge in [-0.05, 0) is 25.5 Å². The van der Waals surface area contributed by atoms with Crippen molar-refractivity contribution in [1.82, 2.24) is 15.2 Å². The van der Waals surface area contributed by atoms with Crippen molar-refractivity contribution in [2.45, 2.75) is 26.4 Å². The summed E-state index contributed by atoms with van der Waals surface area (Å²) in [4.78, 5) is 11.8. The van der Waals surface area contributed by atoms with Crippen LogP contribution >= 0.6 is 11.8 Å². The molecule has 2 N–H and O–H groups in total. The molecule has 0 spiro atoms. The van der Waals surface area contributed by atoms with Gasteiger partial charge in [-0.3, -0.25) is 10.1 Å². The Bertz CT molecular complexity index is 422. The number of thioether (sulfide) groups is 1. The third-order valence-electron chi connectivity index (χ3n) is 3.37. The number of aromatic nitrogens is 1. The summed E-state index contributed by atoms with van der Waals surface area (Å²) in [5.74, 6) is 1.86. The van der Waals surface area contributed by atoms with E-state index in [9.17, 15) is 4.79 Å². The monoisotopic (exact) mass is 253 g/mol. The molecule has 1 saturated heterocycles. The maximum Gasteiger partial charge on any atom is 0.238 e. The van der Waals surface area contributed by atoms with Crippen molar-refractivity contribution >= 4 is 17.7 Å². The van der Waals surface area contributed by atoms with Crippen LogP contribution in [0.4, 0.5) is 0 Å². The summed E-state index contributed by atoms with van der Waals surface area (Å²) >= 11 is 1.77. The van der Waals surface area contributed by atoms with Gasteiger partial charge in [-0.25, -0.2) is 0 Å². The lowest BCUT2D eigenvalue weighted by Gasteiger charge is -2.10. The molecule has 0 saturated carbocycles. The van der Waals surface area contributed by atoms with E-state index >= 15 is 0 Å². The second kappa shape index (κ2) is 5.14. The largest absolute Gasteiger partial charge is 0.352 e. The zero-order chi connectivity index (χ0) is 12.4. The van der Waals surface area contributed by atoms with E-state index in [0.29, 0.717) is 6.54 Å². The number of amides is 1. The Kier molecular flexibility index (Phi) is 3.79. The predicted molar refractivity (Wildman–Crippen MR) is 71.0 cm³/mol. The van der Waals surface area contributed by atoms with Crippen LogP contribution in [0.25, 0.3) is 0 Å². The summed E-state index contributed by atoms with van der Waals surface area (Å²) in [6.45, 7) is 4.78. The van der Waals surface area contributed by atoms with Crippen LogP contribution in [-0.4, -0.2) is 28.1 Å². The van der Waals surface area contributed by atoms with Crippen molar-refractivity contribution < 1.29 is 4.79 Å². The molecule has 1 aliphatic heterocycles. The minimum absolute atomic E-state index is 0.0230. The highest BCUT2D eigenvalue weighted by Gasteiger charge is 2.22. The van der Waals surface area contributed by atoms with E-state index in [4.69, 9.17) is 0 Å². The SMILES string of the molecule is Cc1cc(CNC(=O)C2CSCN2)c(C)n1C. The lowest BCUT2D eigenvalue weighted by molar-refractivity contribution is -0.122. The number of nitrogens with one attached hydrogen (secondary N) is 2. The smallest absolute Gasteiger partial charge is 0.238 e. The number of carbonyl (C=O) groups is 1. The first kappa shape index (κ1) is 12.5. The molecule has 1 amide bonds. The average molecular weight is 253 g/mol. The van der Waals surface area contributed by atoms with E-state index in [1.807, 2.05) is 7.05 Å². The first-order valence-corrected chi connectivity index (χ1v) is 6.95. The van der Waals surface area contributed by atoms with Crippen LogP contribution in [0, 0.1) is 13.8 Å². The summed E-state index contributed by atoms with van der Waals surface area (Å²) < 4.78 is 2.14. The fourth-order valence-corrected chi connectivity index (χ4v) is 2.92. The van der Waals surface area contributed by atoms with Crippen LogP contribution in [0.3, 0.4) is 0 Å². The zero-order valence-corrected chi connectivity index (χ0v) is 11.4. The van der Waals surface area contributed by atoms with Crippen LogP contribution in [0.5, 0.6) is 0 Å². The Labute approximate surface area is 106 Å². The zero-order valence-electron chi connectivity index (χ0n) is 10.5. The topological polar surface area (TPSA) is 46.1 Å². The molecular formula is C12H19N3OS. The van der Waals surface area contributed by atoms with E-state index in [2.05, 4.69) is 35.1 Å². The standard InChI is InChI=1S/C12H19N3OS/c1-8-4-10(9(2)15(8)3)5-13-12(16)11-6-17-7-14-11/h4,11,14H,5-7H2,1-3H3,(H,13,16). The van der Waals surface area contributed by atoms with Crippen molar-refractivity contribution in [3.63, 3.8) is 0 Å². The Morgan fingerprint density at radius 2 is 2.41 bits per heavy atom. The molecule has 0 radical (unpaired) electrons. The minimum Gasteiger partial charge on any atom is -0.352 e. The molecule has 1 unspecified atom stereocenters. The number of aryl methyl sites for hydroxylation is 1. The van der Waals surface area contributed by atoms with Gasteiger partial charge in [0.2, 0.25) is 5.91 Å². The number of nitrogens with zero attached hydrogens (tertiary/aromatic N) is 1. The molecule has 0 aliphatic carbocycles. The van der Waals surface area contributed by atoms with Gasteiger partial charge in [-0.1, -0.05) is 0 Å². The summed E-state index contributed by atoms with van der Waals surface area (Å²) in [6.07, 6.45) is 0. The summed E-state index contributed by atoms with van der Waals surface area (Å²) in [6, 6.07) is 2.11. The molecular weight excluding hydrogens is 234 g/mol. The number of rotatable bonds is 3. The second-order valence-corrected chi connectivity index (χ2v) is 5.48. The molecule has 1 fully saturated rings. The lowest BCUT2D eigenvalue weighted by Crippen LogP contribution is -2.41. The van der Waals surface area contributed by atoms with Gasteiger partial charge in [0.1, 0.15) is 0 Å². The molecule has 1 aromatic rings. The van der Waals surface area contributed by atoms with E-state index in [0.717, 1.165) is 11.6 Å². The number of hydrogen-bond acceptors (Lipinski definition) is 3. The molecule has 1 aromatic heterocycles. The van der Waals surface area contributed by atoms with Crippen molar-refractivity contribution in [2.75, 3.05) is 11.6 Å². The van der Waals surface area contributed by atoms with Gasteiger partial charge in [0, 0.05) is 36.6 Å². The first-order valence-electron chi connectivity index (χ1n) is 5.80. The third kappa shape index (κ3) is 2.66. The molecule has 1 atom stereocenters. The first-order chi connectivity index (χ1) is 8.09. The average Bonchev–Trinajstić information content (AvgIpc) is 2.91. The van der Waals surface area contributed by atoms with E-state index < -0.39 is 0 Å². The van der Waals surface area contributed by atoms with Crippen molar-refractivity contribution in [3.05, 3.63) is 23.0 Å². The summed E-state index contributed by atoms with van der Waals surface area (Å²) in [5.41, 5.74) is 3.64. The van der Waals surface area contributed by atoms with E-state index in [-0.39, 0.29) is 11.9 Å². The van der Waals surface area contributed by atoms with Gasteiger partial charge >= 0.3 is 0 Å². The molecule has 1 aliphatic rings. The maximum absolute atomic E-state index is 11.8. The van der Waals surface area contributed by atoms with Gasteiger partial charge in [0.25, 0.3) is 0 Å². The molecule has 0 bridgehead atoms. The van der Waals surface area contributed by atoms with Crippen molar-refractivity contribution in [1.29, 1.82) is 0 Å². The Balaban J connectivity index is 1.93. The molecule has 2 heterocycles. The molecule has 0 aromatic carbocycles. The highest BCUT2D eigenvalue weighted by atomic mass is 32.2. The molecule has 4 nitrogen and oxygen atoms in total. The quantitative estimate of drug-likeness (QED) is 0.842. The summed E-state index contributed by atoms with van der Waals surface area (Å²) in [7, 11) is 2.05. The van der Waals surface area contributed by atoms with Crippen molar-refractivity contribution in [3.8, 4) is 0 Å². The third-order valence-corrected chi connectivity index (χ3v) is 4.31. The van der Waals surface area contributed by atoms with Crippen LogP contribution in [-0.2, 0) is 18.4 Å². The van der Waals surface area contributed by atoms with Gasteiger partial charge in [-0.2, -0.15) is 0 Å². The van der Waals surface area contributed by atoms with Crippen molar-refractivity contribution in [2.24, 2.45) is 7.05 Å². The molecule has 5 heteroatoms. The van der Waals surface area contributed by atoms with Gasteiger partial charge < -0.3 is 9.88 Å². The minimum atomic E-state index is -0.0230.